The molecule has 2 heterocycles. The molecule has 0 aromatic carbocycles. The van der Waals surface area contributed by atoms with Crippen molar-refractivity contribution in [3.63, 3.8) is 0 Å². The van der Waals surface area contributed by atoms with E-state index in [2.05, 4.69) is 30.6 Å². The van der Waals surface area contributed by atoms with E-state index in [1.807, 2.05) is 13.8 Å². The third-order valence-corrected chi connectivity index (χ3v) is 4.17. The molecule has 3 heteroatoms. The largest absolute Gasteiger partial charge is 0.372 e. The Bertz CT molecular complexity index is 235. The molecule has 19 heavy (non-hydrogen) atoms. The minimum absolute atomic E-state index is 0.182. The summed E-state index contributed by atoms with van der Waals surface area (Å²) in [6, 6.07) is 0. The van der Waals surface area contributed by atoms with E-state index in [1.54, 1.807) is 0 Å². The Hall–Kier alpha value is -0.120. The number of ether oxygens (including phenoxy) is 1. The maximum Gasteiger partial charge on any atom is 0.0833 e. The van der Waals surface area contributed by atoms with Crippen molar-refractivity contribution in [3.8, 4) is 0 Å². The fourth-order valence-electron chi connectivity index (χ4n) is 3.16. The number of likely N-dealkylation sites (N-methyl/N-ethyl adjacent to an activating group) is 1. The highest BCUT2D eigenvalue weighted by Crippen LogP contribution is 2.30. The standard InChI is InChI=1S/C14H28N2O.C2H6/c1-4-15-9-10-17-14(12-15)5-7-16(8-6-14)11-13(2)3;1-2/h13H,4-12H2,1-3H3;1-2H3. The Morgan fingerprint density at radius 2 is 1.68 bits per heavy atom. The molecule has 0 unspecified atom stereocenters. The van der Waals surface area contributed by atoms with Crippen LogP contribution in [0.15, 0.2) is 0 Å². The Labute approximate surface area is 120 Å². The van der Waals surface area contributed by atoms with E-state index in [1.165, 1.54) is 39.0 Å². The van der Waals surface area contributed by atoms with Gasteiger partial charge in [0.25, 0.3) is 0 Å². The zero-order valence-electron chi connectivity index (χ0n) is 13.7. The van der Waals surface area contributed by atoms with Crippen molar-refractivity contribution in [1.29, 1.82) is 0 Å². The molecule has 0 N–H and O–H groups in total. The van der Waals surface area contributed by atoms with Crippen LogP contribution >= 0.6 is 0 Å². The van der Waals surface area contributed by atoms with Crippen LogP contribution in [0.3, 0.4) is 0 Å². The number of piperidine rings is 1. The van der Waals surface area contributed by atoms with Crippen LogP contribution in [0.4, 0.5) is 0 Å². The molecule has 0 aromatic heterocycles. The topological polar surface area (TPSA) is 15.7 Å². The molecule has 1 spiro atoms. The van der Waals surface area contributed by atoms with Gasteiger partial charge < -0.3 is 9.64 Å². The first-order valence-electron chi connectivity index (χ1n) is 8.22. The summed E-state index contributed by atoms with van der Waals surface area (Å²) in [6.45, 7) is 18.9. The first-order valence-corrected chi connectivity index (χ1v) is 8.22. The lowest BCUT2D eigenvalue weighted by atomic mass is 9.89. The Morgan fingerprint density at radius 1 is 1.05 bits per heavy atom. The molecule has 0 aliphatic carbocycles. The van der Waals surface area contributed by atoms with Gasteiger partial charge in [-0.25, -0.2) is 0 Å². The van der Waals surface area contributed by atoms with E-state index in [-0.39, 0.29) is 5.60 Å². The third kappa shape index (κ3) is 5.05. The minimum Gasteiger partial charge on any atom is -0.372 e. The molecule has 2 fully saturated rings. The Morgan fingerprint density at radius 3 is 2.21 bits per heavy atom. The molecule has 0 atom stereocenters. The van der Waals surface area contributed by atoms with Gasteiger partial charge in [0.15, 0.2) is 0 Å². The molecule has 2 saturated heterocycles. The van der Waals surface area contributed by atoms with Crippen molar-refractivity contribution >= 4 is 0 Å². The van der Waals surface area contributed by atoms with Crippen LogP contribution in [-0.2, 0) is 4.74 Å². The van der Waals surface area contributed by atoms with E-state index in [0.29, 0.717) is 0 Å². The molecule has 2 aliphatic heterocycles. The van der Waals surface area contributed by atoms with Crippen molar-refractivity contribution in [2.75, 3.05) is 45.9 Å². The summed E-state index contributed by atoms with van der Waals surface area (Å²) in [5.41, 5.74) is 0.182. The van der Waals surface area contributed by atoms with E-state index in [9.17, 15) is 0 Å². The van der Waals surface area contributed by atoms with Crippen molar-refractivity contribution in [2.45, 2.75) is 53.1 Å². The highest BCUT2D eigenvalue weighted by molar-refractivity contribution is 4.92. The molecule has 0 aromatic rings. The summed E-state index contributed by atoms with van der Waals surface area (Å²) < 4.78 is 6.12. The predicted octanol–water partition coefficient (Wildman–Crippen LogP) is 2.86. The van der Waals surface area contributed by atoms with Crippen LogP contribution in [-0.4, -0.2) is 61.3 Å². The average molecular weight is 270 g/mol. The van der Waals surface area contributed by atoms with Gasteiger partial charge in [0.1, 0.15) is 0 Å². The van der Waals surface area contributed by atoms with Gasteiger partial charge in [-0.15, -0.1) is 0 Å². The summed E-state index contributed by atoms with van der Waals surface area (Å²) in [4.78, 5) is 5.14. The molecule has 0 radical (unpaired) electrons. The van der Waals surface area contributed by atoms with Gasteiger partial charge in [-0.05, 0) is 25.3 Å². The summed E-state index contributed by atoms with van der Waals surface area (Å²) in [5, 5.41) is 0. The van der Waals surface area contributed by atoms with E-state index < -0.39 is 0 Å². The summed E-state index contributed by atoms with van der Waals surface area (Å²) in [6.07, 6.45) is 2.44. The number of rotatable bonds is 3. The highest BCUT2D eigenvalue weighted by atomic mass is 16.5. The van der Waals surface area contributed by atoms with Gasteiger partial charge in [-0.2, -0.15) is 0 Å². The van der Waals surface area contributed by atoms with Gasteiger partial charge in [-0.1, -0.05) is 34.6 Å². The Kier molecular flexibility index (Phi) is 7.33. The number of hydrogen-bond donors (Lipinski definition) is 0. The van der Waals surface area contributed by atoms with E-state index in [4.69, 9.17) is 4.74 Å². The number of hydrogen-bond acceptors (Lipinski definition) is 3. The second kappa shape index (κ2) is 8.23. The zero-order valence-corrected chi connectivity index (χ0v) is 13.7. The van der Waals surface area contributed by atoms with Crippen LogP contribution in [0, 0.1) is 5.92 Å². The lowest BCUT2D eigenvalue weighted by molar-refractivity contribution is -0.135. The van der Waals surface area contributed by atoms with Gasteiger partial charge in [0, 0.05) is 32.7 Å². The molecule has 0 saturated carbocycles. The SMILES string of the molecule is CC.CCN1CCOC2(CCN(CC(C)C)CC2)C1. The molecule has 0 amide bonds. The molecule has 2 rings (SSSR count). The summed E-state index contributed by atoms with van der Waals surface area (Å²) in [5.74, 6) is 0.781. The van der Waals surface area contributed by atoms with Crippen LogP contribution in [0.5, 0.6) is 0 Å². The first-order chi connectivity index (χ1) is 9.13. The number of morpholine rings is 1. The first kappa shape index (κ1) is 16.9. The fourth-order valence-corrected chi connectivity index (χ4v) is 3.16. The van der Waals surface area contributed by atoms with E-state index >= 15 is 0 Å². The molecule has 2 aliphatic rings. The van der Waals surface area contributed by atoms with E-state index in [0.717, 1.165) is 25.6 Å². The van der Waals surface area contributed by atoms with Crippen LogP contribution in [0.25, 0.3) is 0 Å². The molecule has 0 bridgehead atoms. The molecular weight excluding hydrogens is 236 g/mol. The summed E-state index contributed by atoms with van der Waals surface area (Å²) >= 11 is 0. The van der Waals surface area contributed by atoms with Gasteiger partial charge in [0.05, 0.1) is 12.2 Å². The second-order valence-electron chi connectivity index (χ2n) is 6.09. The smallest absolute Gasteiger partial charge is 0.0833 e. The molecule has 114 valence electrons. The zero-order chi connectivity index (χ0) is 14.3. The quantitative estimate of drug-likeness (QED) is 0.784. The maximum absolute atomic E-state index is 6.12. The molecule has 3 nitrogen and oxygen atoms in total. The fraction of sp³-hybridized carbons (Fsp3) is 1.00. The predicted molar refractivity (Wildman–Crippen MR) is 82.7 cm³/mol. The molecular formula is C16H34N2O. The van der Waals surface area contributed by atoms with Crippen molar-refractivity contribution in [3.05, 3.63) is 0 Å². The second-order valence-corrected chi connectivity index (χ2v) is 6.09. The van der Waals surface area contributed by atoms with Crippen LogP contribution < -0.4 is 0 Å². The third-order valence-electron chi connectivity index (χ3n) is 4.17. The number of likely N-dealkylation sites (tertiary alicyclic amines) is 1. The van der Waals surface area contributed by atoms with Gasteiger partial charge in [-0.3, -0.25) is 4.90 Å². The van der Waals surface area contributed by atoms with Gasteiger partial charge >= 0.3 is 0 Å². The maximum atomic E-state index is 6.12. The number of nitrogens with zero attached hydrogens (tertiary/aromatic N) is 2. The minimum atomic E-state index is 0.182. The van der Waals surface area contributed by atoms with Crippen molar-refractivity contribution in [2.24, 2.45) is 5.92 Å². The average Bonchev–Trinajstić information content (AvgIpc) is 2.44. The highest BCUT2D eigenvalue weighted by Gasteiger charge is 2.39. The lowest BCUT2D eigenvalue weighted by Gasteiger charge is -2.47. The Balaban J connectivity index is 0.000000861. The monoisotopic (exact) mass is 270 g/mol. The normalized spacial score (nSPS) is 24.3. The van der Waals surface area contributed by atoms with Crippen LogP contribution in [0.1, 0.15) is 47.5 Å². The van der Waals surface area contributed by atoms with Gasteiger partial charge in [0.2, 0.25) is 0 Å². The summed E-state index contributed by atoms with van der Waals surface area (Å²) in [7, 11) is 0. The lowest BCUT2D eigenvalue weighted by Crippen LogP contribution is -2.57. The van der Waals surface area contributed by atoms with Crippen LogP contribution in [0.2, 0.25) is 0 Å². The van der Waals surface area contributed by atoms with Crippen molar-refractivity contribution in [1.82, 2.24) is 9.80 Å². The van der Waals surface area contributed by atoms with Crippen molar-refractivity contribution < 1.29 is 4.74 Å².